The first kappa shape index (κ1) is 13.2. The Balaban J connectivity index is 2.80. The van der Waals surface area contributed by atoms with Crippen LogP contribution in [0.15, 0.2) is 6.33 Å². The van der Waals surface area contributed by atoms with Crippen LogP contribution in [0.25, 0.3) is 0 Å². The Morgan fingerprint density at radius 2 is 2.18 bits per heavy atom. The van der Waals surface area contributed by atoms with Crippen LogP contribution < -0.4 is 10.1 Å². The fourth-order valence-electron chi connectivity index (χ4n) is 1.20. The van der Waals surface area contributed by atoms with Crippen LogP contribution in [0.3, 0.4) is 0 Å². The molecule has 0 saturated carbocycles. The van der Waals surface area contributed by atoms with Crippen LogP contribution in [0.1, 0.15) is 19.4 Å². The molecule has 0 aliphatic carbocycles. The van der Waals surface area contributed by atoms with Gasteiger partial charge in [-0.05, 0) is 20.8 Å². The van der Waals surface area contributed by atoms with Gasteiger partial charge in [0, 0.05) is 6.54 Å². The third kappa shape index (κ3) is 3.05. The van der Waals surface area contributed by atoms with Crippen molar-refractivity contribution in [1.29, 1.82) is 0 Å². The van der Waals surface area contributed by atoms with E-state index in [1.54, 1.807) is 13.8 Å². The van der Waals surface area contributed by atoms with E-state index in [4.69, 9.17) is 9.84 Å². The number of hydrogen-bond donors (Lipinski definition) is 2. The number of carboxylic acid groups (broad SMARTS) is 1. The molecule has 0 fully saturated rings. The van der Waals surface area contributed by atoms with Crippen LogP contribution in [0, 0.1) is 12.3 Å². The highest BCUT2D eigenvalue weighted by molar-refractivity contribution is 5.74. The van der Waals surface area contributed by atoms with Crippen molar-refractivity contribution < 1.29 is 14.6 Å². The fourth-order valence-corrected chi connectivity index (χ4v) is 1.20. The number of carboxylic acids is 1. The van der Waals surface area contributed by atoms with Crippen molar-refractivity contribution in [3.8, 4) is 5.88 Å². The second-order valence-electron chi connectivity index (χ2n) is 4.40. The molecule has 0 spiro atoms. The van der Waals surface area contributed by atoms with Crippen LogP contribution in [-0.2, 0) is 4.79 Å². The molecule has 0 radical (unpaired) electrons. The van der Waals surface area contributed by atoms with Crippen LogP contribution in [0.4, 0.5) is 5.82 Å². The number of rotatable bonds is 5. The second-order valence-corrected chi connectivity index (χ2v) is 4.40. The van der Waals surface area contributed by atoms with Crippen LogP contribution >= 0.6 is 0 Å². The van der Waals surface area contributed by atoms with E-state index in [2.05, 4.69) is 15.3 Å². The summed E-state index contributed by atoms with van der Waals surface area (Å²) in [5.74, 6) is 0.213. The van der Waals surface area contributed by atoms with Gasteiger partial charge in [0.1, 0.15) is 12.1 Å². The lowest BCUT2D eigenvalue weighted by Gasteiger charge is -2.20. The van der Waals surface area contributed by atoms with E-state index in [0.717, 1.165) is 5.56 Å². The first-order valence-electron chi connectivity index (χ1n) is 5.21. The van der Waals surface area contributed by atoms with Crippen molar-refractivity contribution in [3.63, 3.8) is 0 Å². The molecule has 6 heteroatoms. The molecule has 6 nitrogen and oxygen atoms in total. The number of nitrogens with one attached hydrogen (secondary N) is 1. The van der Waals surface area contributed by atoms with Crippen molar-refractivity contribution >= 4 is 11.8 Å². The average molecular weight is 239 g/mol. The van der Waals surface area contributed by atoms with Gasteiger partial charge in [0.15, 0.2) is 0 Å². The molecular formula is C11H17N3O3. The Morgan fingerprint density at radius 1 is 1.53 bits per heavy atom. The van der Waals surface area contributed by atoms with Crippen LogP contribution in [-0.4, -0.2) is 34.7 Å². The number of ether oxygens (including phenoxy) is 1. The molecule has 0 aliphatic heterocycles. The Kier molecular flexibility index (Phi) is 3.88. The Hall–Kier alpha value is -1.85. The zero-order chi connectivity index (χ0) is 13.1. The van der Waals surface area contributed by atoms with Gasteiger partial charge in [0.05, 0.1) is 18.1 Å². The third-order valence-electron chi connectivity index (χ3n) is 2.51. The minimum absolute atomic E-state index is 0.281. The van der Waals surface area contributed by atoms with Gasteiger partial charge in [-0.2, -0.15) is 0 Å². The summed E-state index contributed by atoms with van der Waals surface area (Å²) in [5, 5.41) is 12.0. The molecule has 1 heterocycles. The van der Waals surface area contributed by atoms with E-state index in [9.17, 15) is 4.79 Å². The minimum atomic E-state index is -0.858. The highest BCUT2D eigenvalue weighted by atomic mass is 16.5. The molecule has 94 valence electrons. The lowest BCUT2D eigenvalue weighted by molar-refractivity contribution is -0.146. The molecule has 0 unspecified atom stereocenters. The summed E-state index contributed by atoms with van der Waals surface area (Å²) in [6.07, 6.45) is 1.38. The maximum Gasteiger partial charge on any atom is 0.310 e. The third-order valence-corrected chi connectivity index (χ3v) is 2.51. The summed E-state index contributed by atoms with van der Waals surface area (Å²) in [6.45, 7) is 5.39. The van der Waals surface area contributed by atoms with Crippen molar-refractivity contribution in [2.24, 2.45) is 5.41 Å². The van der Waals surface area contributed by atoms with Crippen LogP contribution in [0.2, 0.25) is 0 Å². The molecule has 0 amide bonds. The number of nitrogens with zero attached hydrogens (tertiary/aromatic N) is 2. The Morgan fingerprint density at radius 3 is 2.71 bits per heavy atom. The Labute approximate surface area is 100 Å². The van der Waals surface area contributed by atoms with E-state index < -0.39 is 11.4 Å². The van der Waals surface area contributed by atoms with E-state index in [-0.39, 0.29) is 6.54 Å². The van der Waals surface area contributed by atoms with Crippen LogP contribution in [0.5, 0.6) is 5.88 Å². The summed E-state index contributed by atoms with van der Waals surface area (Å²) < 4.78 is 5.06. The largest absolute Gasteiger partial charge is 0.481 e. The summed E-state index contributed by atoms with van der Waals surface area (Å²) in [4.78, 5) is 19.0. The molecule has 1 aromatic heterocycles. The molecular weight excluding hydrogens is 222 g/mol. The van der Waals surface area contributed by atoms with Crippen molar-refractivity contribution in [1.82, 2.24) is 9.97 Å². The number of aliphatic carboxylic acids is 1. The summed E-state index contributed by atoms with van der Waals surface area (Å²) in [7, 11) is 1.53. The predicted octanol–water partition coefficient (Wildman–Crippen LogP) is 1.32. The highest BCUT2D eigenvalue weighted by Crippen LogP contribution is 2.22. The second kappa shape index (κ2) is 4.99. The lowest BCUT2D eigenvalue weighted by Crippen LogP contribution is -2.32. The molecule has 1 aromatic rings. The zero-order valence-electron chi connectivity index (χ0n) is 10.4. The zero-order valence-corrected chi connectivity index (χ0v) is 10.4. The predicted molar refractivity (Wildman–Crippen MR) is 63.2 cm³/mol. The molecule has 0 bridgehead atoms. The number of aromatic nitrogens is 2. The number of anilines is 1. The molecule has 0 aromatic carbocycles. The number of carbonyl (C=O) groups is 1. The summed E-state index contributed by atoms with van der Waals surface area (Å²) in [6, 6.07) is 0. The monoisotopic (exact) mass is 239 g/mol. The quantitative estimate of drug-likeness (QED) is 0.806. The maximum absolute atomic E-state index is 11.0. The van der Waals surface area contributed by atoms with Crippen molar-refractivity contribution in [3.05, 3.63) is 11.9 Å². The molecule has 0 saturated heterocycles. The smallest absolute Gasteiger partial charge is 0.310 e. The van der Waals surface area contributed by atoms with Gasteiger partial charge >= 0.3 is 5.97 Å². The molecule has 1 rings (SSSR count). The first-order valence-corrected chi connectivity index (χ1v) is 5.21. The van der Waals surface area contributed by atoms with E-state index in [1.807, 2.05) is 6.92 Å². The van der Waals surface area contributed by atoms with Gasteiger partial charge < -0.3 is 15.2 Å². The normalized spacial score (nSPS) is 11.1. The minimum Gasteiger partial charge on any atom is -0.481 e. The van der Waals surface area contributed by atoms with E-state index >= 15 is 0 Å². The first-order chi connectivity index (χ1) is 7.88. The number of hydrogen-bond acceptors (Lipinski definition) is 5. The summed E-state index contributed by atoms with van der Waals surface area (Å²) >= 11 is 0. The maximum atomic E-state index is 11.0. The van der Waals surface area contributed by atoms with E-state index in [0.29, 0.717) is 11.7 Å². The molecule has 0 atom stereocenters. The SMILES string of the molecule is COc1ncnc(NCC(C)(C)C(=O)O)c1C. The summed E-state index contributed by atoms with van der Waals surface area (Å²) in [5.41, 5.74) is -0.0962. The van der Waals surface area contributed by atoms with Gasteiger partial charge in [0.2, 0.25) is 5.88 Å². The Bertz CT molecular complexity index is 418. The van der Waals surface area contributed by atoms with Crippen molar-refractivity contribution in [2.45, 2.75) is 20.8 Å². The fraction of sp³-hybridized carbons (Fsp3) is 0.545. The standard InChI is InChI=1S/C11H17N3O3/c1-7-8(13-6-14-9(7)17-4)12-5-11(2,3)10(15)16/h6H,5H2,1-4H3,(H,15,16)(H,12,13,14). The molecule has 17 heavy (non-hydrogen) atoms. The lowest BCUT2D eigenvalue weighted by atomic mass is 9.94. The number of methoxy groups -OCH3 is 1. The highest BCUT2D eigenvalue weighted by Gasteiger charge is 2.27. The van der Waals surface area contributed by atoms with Gasteiger partial charge in [-0.15, -0.1) is 0 Å². The average Bonchev–Trinajstić information content (AvgIpc) is 2.27. The van der Waals surface area contributed by atoms with Gasteiger partial charge in [-0.25, -0.2) is 9.97 Å². The molecule has 2 N–H and O–H groups in total. The topological polar surface area (TPSA) is 84.3 Å². The van der Waals surface area contributed by atoms with Gasteiger partial charge in [-0.3, -0.25) is 4.79 Å². The van der Waals surface area contributed by atoms with Gasteiger partial charge in [-0.1, -0.05) is 0 Å². The van der Waals surface area contributed by atoms with Crippen molar-refractivity contribution in [2.75, 3.05) is 19.0 Å². The van der Waals surface area contributed by atoms with Gasteiger partial charge in [0.25, 0.3) is 0 Å². The molecule has 0 aliphatic rings. The van der Waals surface area contributed by atoms with E-state index in [1.165, 1.54) is 13.4 Å².